The van der Waals surface area contributed by atoms with Gasteiger partial charge in [0.1, 0.15) is 6.61 Å². The predicted molar refractivity (Wildman–Crippen MR) is 113 cm³/mol. The van der Waals surface area contributed by atoms with Gasteiger partial charge in [-0.1, -0.05) is 36.4 Å². The molecule has 1 amide bonds. The Morgan fingerprint density at radius 2 is 2.10 bits per heavy atom. The molecule has 0 spiro atoms. The van der Waals surface area contributed by atoms with E-state index in [4.69, 9.17) is 25.8 Å². The lowest BCUT2D eigenvalue weighted by molar-refractivity contribution is -0.112. The van der Waals surface area contributed by atoms with Crippen molar-refractivity contribution in [2.24, 2.45) is 0 Å². The van der Waals surface area contributed by atoms with Crippen LogP contribution < -0.4 is 0 Å². The van der Waals surface area contributed by atoms with Crippen molar-refractivity contribution in [3.05, 3.63) is 47.5 Å². The van der Waals surface area contributed by atoms with E-state index in [1.54, 1.807) is 18.1 Å². The molecule has 1 aromatic rings. The normalized spacial score (nSPS) is 28.2. The minimum Gasteiger partial charge on any atom is -0.445 e. The van der Waals surface area contributed by atoms with Crippen LogP contribution in [-0.2, 0) is 20.6 Å². The number of hydrogen-bond acceptors (Lipinski definition) is 5. The Labute approximate surface area is 178 Å². The molecule has 1 aromatic carbocycles. The minimum atomic E-state index is -0.307. The Kier molecular flexibility index (Phi) is 7.95. The van der Waals surface area contributed by atoms with Gasteiger partial charge in [-0.2, -0.15) is 0 Å². The number of amides is 1. The van der Waals surface area contributed by atoms with Gasteiger partial charge in [0.15, 0.2) is 0 Å². The molecule has 2 saturated heterocycles. The Hall–Kier alpha value is -1.60. The van der Waals surface area contributed by atoms with Crippen molar-refractivity contribution in [2.45, 2.75) is 44.1 Å². The number of piperidine rings is 1. The molecule has 0 aliphatic carbocycles. The number of likely N-dealkylation sites (tertiary alicyclic amines) is 1. The molecule has 6 nitrogen and oxygen atoms in total. The summed E-state index contributed by atoms with van der Waals surface area (Å²) in [7, 11) is 1.72. The molecule has 0 radical (unpaired) electrons. The van der Waals surface area contributed by atoms with Crippen LogP contribution in [0.1, 0.15) is 18.9 Å². The molecule has 3 unspecified atom stereocenters. The maximum Gasteiger partial charge on any atom is 0.410 e. The number of methoxy groups -OCH3 is 1. The van der Waals surface area contributed by atoms with Crippen LogP contribution in [0.4, 0.5) is 4.79 Å². The fourth-order valence-corrected chi connectivity index (χ4v) is 4.37. The van der Waals surface area contributed by atoms with Crippen LogP contribution in [0.5, 0.6) is 0 Å². The van der Waals surface area contributed by atoms with Crippen molar-refractivity contribution < 1.29 is 19.0 Å². The summed E-state index contributed by atoms with van der Waals surface area (Å²) in [5.41, 5.74) is 1.24. The molecule has 0 saturated carbocycles. The molecule has 7 heteroatoms. The van der Waals surface area contributed by atoms with E-state index in [1.165, 1.54) is 5.56 Å². The molecule has 2 fully saturated rings. The van der Waals surface area contributed by atoms with Crippen molar-refractivity contribution in [1.82, 2.24) is 9.80 Å². The van der Waals surface area contributed by atoms with Crippen molar-refractivity contribution >= 4 is 17.7 Å². The van der Waals surface area contributed by atoms with Gasteiger partial charge in [-0.05, 0) is 37.5 Å². The third kappa shape index (κ3) is 5.72. The quantitative estimate of drug-likeness (QED) is 0.658. The highest BCUT2D eigenvalue weighted by molar-refractivity contribution is 6.30. The highest BCUT2D eigenvalue weighted by Crippen LogP contribution is 2.27. The van der Waals surface area contributed by atoms with Crippen molar-refractivity contribution in [3.8, 4) is 0 Å². The van der Waals surface area contributed by atoms with Gasteiger partial charge in [0, 0.05) is 37.3 Å². The third-order valence-electron chi connectivity index (χ3n) is 5.73. The van der Waals surface area contributed by atoms with Crippen molar-refractivity contribution in [2.75, 3.05) is 40.0 Å². The van der Waals surface area contributed by atoms with E-state index < -0.39 is 0 Å². The molecule has 29 heavy (non-hydrogen) atoms. The zero-order valence-electron chi connectivity index (χ0n) is 17.3. The van der Waals surface area contributed by atoms with E-state index in [2.05, 4.69) is 30.5 Å². The van der Waals surface area contributed by atoms with Gasteiger partial charge in [0.2, 0.25) is 0 Å². The summed E-state index contributed by atoms with van der Waals surface area (Å²) < 4.78 is 17.0. The van der Waals surface area contributed by atoms with Crippen LogP contribution >= 0.6 is 11.6 Å². The third-order valence-corrected chi connectivity index (χ3v) is 5.98. The van der Waals surface area contributed by atoms with E-state index in [1.807, 2.05) is 12.1 Å². The molecule has 0 aromatic heterocycles. The van der Waals surface area contributed by atoms with E-state index >= 15 is 0 Å². The fraction of sp³-hybridized carbons (Fsp3) is 0.591. The molecule has 2 aliphatic heterocycles. The van der Waals surface area contributed by atoms with E-state index in [9.17, 15) is 4.79 Å². The van der Waals surface area contributed by atoms with Crippen LogP contribution in [0.2, 0.25) is 5.02 Å². The number of ether oxygens (including phenoxy) is 3. The van der Waals surface area contributed by atoms with Gasteiger partial charge in [-0.3, -0.25) is 4.90 Å². The van der Waals surface area contributed by atoms with Gasteiger partial charge >= 0.3 is 6.09 Å². The molecule has 2 heterocycles. The van der Waals surface area contributed by atoms with Crippen molar-refractivity contribution in [1.29, 1.82) is 0 Å². The van der Waals surface area contributed by atoms with Crippen LogP contribution in [0.3, 0.4) is 0 Å². The lowest BCUT2D eigenvalue weighted by Crippen LogP contribution is -2.62. The number of halogens is 1. The van der Waals surface area contributed by atoms with E-state index in [0.717, 1.165) is 24.4 Å². The second kappa shape index (κ2) is 10.4. The van der Waals surface area contributed by atoms with Crippen LogP contribution in [0.15, 0.2) is 36.9 Å². The standard InChI is InChI=1S/C22H31ClN2O4/c1-4-11-28-22(26)24-10-9-20(21(14-24)27-3)25-13-16(2)29-15-19(25)12-17-5-7-18(23)8-6-17/h4-8,16,19-21H,1,9-15H2,2-3H3/t16?,19?,20-,21?/m0/s1. The van der Waals surface area contributed by atoms with Crippen LogP contribution in [0, 0.1) is 0 Å². The summed E-state index contributed by atoms with van der Waals surface area (Å²) in [6.07, 6.45) is 3.10. The fourth-order valence-electron chi connectivity index (χ4n) is 4.25. The highest BCUT2D eigenvalue weighted by Gasteiger charge is 2.40. The maximum atomic E-state index is 12.2. The Bertz CT molecular complexity index is 684. The molecule has 160 valence electrons. The highest BCUT2D eigenvalue weighted by atomic mass is 35.5. The number of rotatable bonds is 6. The Balaban J connectivity index is 1.69. The van der Waals surface area contributed by atoms with Crippen LogP contribution in [0.25, 0.3) is 0 Å². The summed E-state index contributed by atoms with van der Waals surface area (Å²) in [6, 6.07) is 8.49. The second-order valence-corrected chi connectivity index (χ2v) is 8.20. The van der Waals surface area contributed by atoms with Gasteiger partial charge in [-0.25, -0.2) is 4.79 Å². The molecule has 0 N–H and O–H groups in total. The average Bonchev–Trinajstić information content (AvgIpc) is 2.74. The molecular formula is C22H31ClN2O4. The SMILES string of the molecule is C=CCOC(=O)N1CC[C@H](N2CC(C)OCC2Cc2ccc(Cl)cc2)C(OC)C1. The number of carbonyl (C=O) groups excluding carboxylic acids is 1. The first-order valence-electron chi connectivity index (χ1n) is 10.2. The number of morpholine rings is 1. The first kappa shape index (κ1) is 22.1. The van der Waals surface area contributed by atoms with Gasteiger partial charge < -0.3 is 19.1 Å². The lowest BCUT2D eigenvalue weighted by Gasteiger charge is -2.48. The second-order valence-electron chi connectivity index (χ2n) is 7.77. The summed E-state index contributed by atoms with van der Waals surface area (Å²) in [6.45, 7) is 8.63. The summed E-state index contributed by atoms with van der Waals surface area (Å²) in [5, 5.41) is 0.745. The molecule has 2 aliphatic rings. The molecule has 0 bridgehead atoms. The first-order chi connectivity index (χ1) is 14.0. The van der Waals surface area contributed by atoms with E-state index in [-0.39, 0.29) is 37.0 Å². The average molecular weight is 423 g/mol. The largest absolute Gasteiger partial charge is 0.445 e. The van der Waals surface area contributed by atoms with Crippen molar-refractivity contribution in [3.63, 3.8) is 0 Å². The van der Waals surface area contributed by atoms with E-state index in [0.29, 0.717) is 19.7 Å². The zero-order valence-corrected chi connectivity index (χ0v) is 18.0. The van der Waals surface area contributed by atoms with Crippen LogP contribution in [-0.4, -0.2) is 80.1 Å². The monoisotopic (exact) mass is 422 g/mol. The number of nitrogens with zero attached hydrogens (tertiary/aromatic N) is 2. The van der Waals surface area contributed by atoms with Gasteiger partial charge in [0.25, 0.3) is 0 Å². The number of hydrogen-bond donors (Lipinski definition) is 0. The summed E-state index contributed by atoms with van der Waals surface area (Å²) in [5.74, 6) is 0. The van der Waals surface area contributed by atoms with Gasteiger partial charge in [-0.15, -0.1) is 0 Å². The maximum absolute atomic E-state index is 12.2. The predicted octanol–water partition coefficient (Wildman–Crippen LogP) is 3.38. The first-order valence-corrected chi connectivity index (χ1v) is 10.6. The zero-order chi connectivity index (χ0) is 20.8. The van der Waals surface area contributed by atoms with Gasteiger partial charge in [0.05, 0.1) is 25.4 Å². The molecule has 3 rings (SSSR count). The Morgan fingerprint density at radius 3 is 2.79 bits per heavy atom. The Morgan fingerprint density at radius 1 is 1.34 bits per heavy atom. The summed E-state index contributed by atoms with van der Waals surface area (Å²) in [4.78, 5) is 16.5. The topological polar surface area (TPSA) is 51.2 Å². The lowest BCUT2D eigenvalue weighted by atomic mass is 9.94. The summed E-state index contributed by atoms with van der Waals surface area (Å²) >= 11 is 6.03. The number of carbonyl (C=O) groups is 1. The minimum absolute atomic E-state index is 0.0713. The smallest absolute Gasteiger partial charge is 0.410 e. The molecule has 4 atom stereocenters. The number of benzene rings is 1. The molecular weight excluding hydrogens is 392 g/mol.